The van der Waals surface area contributed by atoms with E-state index in [0.29, 0.717) is 19.4 Å². The number of hydrogen-bond acceptors (Lipinski definition) is 2. The molecule has 1 aliphatic rings. The van der Waals surface area contributed by atoms with Gasteiger partial charge in [-0.15, -0.1) is 0 Å². The van der Waals surface area contributed by atoms with Crippen LogP contribution < -0.4 is 5.32 Å². The fourth-order valence-corrected chi connectivity index (χ4v) is 2.26. The Morgan fingerprint density at radius 2 is 2.21 bits per heavy atom. The van der Waals surface area contributed by atoms with Crippen molar-refractivity contribution in [2.45, 2.75) is 18.9 Å². The quantitative estimate of drug-likeness (QED) is 0.878. The second-order valence-electron chi connectivity index (χ2n) is 4.24. The molecule has 2 rings (SSSR count). The number of amides is 2. The zero-order valence-electron chi connectivity index (χ0n) is 9.90. The van der Waals surface area contributed by atoms with Gasteiger partial charge < -0.3 is 15.3 Å². The van der Waals surface area contributed by atoms with E-state index in [1.807, 2.05) is 0 Å². The highest BCUT2D eigenvalue weighted by atomic mass is 35.5. The molecule has 1 aliphatic heterocycles. The summed E-state index contributed by atoms with van der Waals surface area (Å²) >= 11 is 5.79. The molecule has 0 radical (unpaired) electrons. The topological polar surface area (TPSA) is 69.6 Å². The molecule has 7 heteroatoms. The fraction of sp³-hybridized carbons (Fsp3) is 0.333. The van der Waals surface area contributed by atoms with Crippen LogP contribution in [0, 0.1) is 5.82 Å². The summed E-state index contributed by atoms with van der Waals surface area (Å²) in [4.78, 5) is 24.2. The lowest BCUT2D eigenvalue weighted by molar-refractivity contribution is -0.141. The Hall–Kier alpha value is -1.82. The molecule has 1 saturated heterocycles. The number of carbonyl (C=O) groups is 2. The summed E-state index contributed by atoms with van der Waals surface area (Å²) < 4.78 is 12.9. The molecule has 2 amide bonds. The van der Waals surface area contributed by atoms with Crippen molar-refractivity contribution in [3.63, 3.8) is 0 Å². The Bertz CT molecular complexity index is 524. The maximum absolute atomic E-state index is 12.9. The third-order valence-corrected chi connectivity index (χ3v) is 3.28. The van der Waals surface area contributed by atoms with Gasteiger partial charge in [-0.25, -0.2) is 14.0 Å². The molecule has 1 fully saturated rings. The zero-order valence-corrected chi connectivity index (χ0v) is 10.7. The highest BCUT2D eigenvalue weighted by Crippen LogP contribution is 2.24. The van der Waals surface area contributed by atoms with Gasteiger partial charge in [0.15, 0.2) is 0 Å². The molecule has 102 valence electrons. The van der Waals surface area contributed by atoms with Crippen molar-refractivity contribution in [1.82, 2.24) is 4.90 Å². The first-order valence-electron chi connectivity index (χ1n) is 5.74. The molecular formula is C12H12ClFN2O3. The van der Waals surface area contributed by atoms with Crippen molar-refractivity contribution in [2.24, 2.45) is 0 Å². The van der Waals surface area contributed by atoms with Crippen LogP contribution in [0.3, 0.4) is 0 Å². The lowest BCUT2D eigenvalue weighted by Gasteiger charge is -2.22. The number of anilines is 1. The highest BCUT2D eigenvalue weighted by Gasteiger charge is 2.34. The van der Waals surface area contributed by atoms with Crippen molar-refractivity contribution in [3.05, 3.63) is 29.0 Å². The molecule has 0 spiro atoms. The molecule has 1 aromatic carbocycles. The van der Waals surface area contributed by atoms with E-state index in [0.717, 1.165) is 6.07 Å². The predicted octanol–water partition coefficient (Wildman–Crippen LogP) is 2.56. The highest BCUT2D eigenvalue weighted by molar-refractivity contribution is 6.33. The van der Waals surface area contributed by atoms with Crippen molar-refractivity contribution in [2.75, 3.05) is 11.9 Å². The maximum atomic E-state index is 12.9. The molecule has 0 saturated carbocycles. The van der Waals surface area contributed by atoms with Gasteiger partial charge in [0, 0.05) is 6.54 Å². The molecule has 1 aromatic rings. The number of benzene rings is 1. The summed E-state index contributed by atoms with van der Waals surface area (Å²) in [6, 6.07) is 2.22. The average Bonchev–Trinajstić information content (AvgIpc) is 2.82. The van der Waals surface area contributed by atoms with Crippen LogP contribution in [0.25, 0.3) is 0 Å². The molecule has 0 aliphatic carbocycles. The van der Waals surface area contributed by atoms with E-state index in [1.165, 1.54) is 17.0 Å². The number of rotatable bonds is 2. The molecule has 0 aromatic heterocycles. The molecule has 0 bridgehead atoms. The Labute approximate surface area is 114 Å². The smallest absolute Gasteiger partial charge is 0.326 e. The molecule has 1 heterocycles. The summed E-state index contributed by atoms with van der Waals surface area (Å²) in [5.41, 5.74) is 0.254. The summed E-state index contributed by atoms with van der Waals surface area (Å²) in [5.74, 6) is -1.54. The summed E-state index contributed by atoms with van der Waals surface area (Å²) in [7, 11) is 0. The van der Waals surface area contributed by atoms with Crippen LogP contribution in [0.15, 0.2) is 18.2 Å². The van der Waals surface area contributed by atoms with Crippen LogP contribution in [0.4, 0.5) is 14.9 Å². The second kappa shape index (κ2) is 5.44. The van der Waals surface area contributed by atoms with Gasteiger partial charge in [0.1, 0.15) is 11.9 Å². The Morgan fingerprint density at radius 1 is 1.47 bits per heavy atom. The predicted molar refractivity (Wildman–Crippen MR) is 67.8 cm³/mol. The first-order chi connectivity index (χ1) is 8.99. The van der Waals surface area contributed by atoms with E-state index < -0.39 is 23.9 Å². The van der Waals surface area contributed by atoms with Crippen molar-refractivity contribution in [3.8, 4) is 0 Å². The van der Waals surface area contributed by atoms with Crippen LogP contribution in [0.2, 0.25) is 5.02 Å². The van der Waals surface area contributed by atoms with Crippen molar-refractivity contribution < 1.29 is 19.1 Å². The van der Waals surface area contributed by atoms with E-state index >= 15 is 0 Å². The second-order valence-corrected chi connectivity index (χ2v) is 4.65. The van der Waals surface area contributed by atoms with E-state index in [4.69, 9.17) is 16.7 Å². The Balaban J connectivity index is 2.10. The van der Waals surface area contributed by atoms with Gasteiger partial charge in [-0.1, -0.05) is 11.6 Å². The maximum Gasteiger partial charge on any atom is 0.326 e. The molecule has 1 atom stereocenters. The van der Waals surface area contributed by atoms with Gasteiger partial charge in [-0.05, 0) is 31.0 Å². The van der Waals surface area contributed by atoms with E-state index in [2.05, 4.69) is 5.32 Å². The lowest BCUT2D eigenvalue weighted by atomic mass is 10.2. The van der Waals surface area contributed by atoms with Gasteiger partial charge in [-0.2, -0.15) is 0 Å². The average molecular weight is 287 g/mol. The number of carboxylic acids is 1. The summed E-state index contributed by atoms with van der Waals surface area (Å²) in [6.45, 7) is 0.377. The summed E-state index contributed by atoms with van der Waals surface area (Å²) in [5, 5.41) is 11.6. The monoisotopic (exact) mass is 286 g/mol. The first kappa shape index (κ1) is 13.6. The minimum absolute atomic E-state index is 0.0689. The van der Waals surface area contributed by atoms with Gasteiger partial charge in [0.25, 0.3) is 0 Å². The fourth-order valence-electron chi connectivity index (χ4n) is 2.04. The van der Waals surface area contributed by atoms with Crippen molar-refractivity contribution >= 4 is 29.3 Å². The number of hydrogen-bond donors (Lipinski definition) is 2. The third-order valence-electron chi connectivity index (χ3n) is 2.97. The van der Waals surface area contributed by atoms with Gasteiger partial charge in [0.05, 0.1) is 10.7 Å². The van der Waals surface area contributed by atoms with Gasteiger partial charge >= 0.3 is 12.0 Å². The summed E-state index contributed by atoms with van der Waals surface area (Å²) in [6.07, 6.45) is 1.07. The van der Waals surface area contributed by atoms with Gasteiger partial charge in [0.2, 0.25) is 0 Å². The number of carbonyl (C=O) groups excluding carboxylic acids is 1. The molecular weight excluding hydrogens is 275 g/mol. The van der Waals surface area contributed by atoms with E-state index in [-0.39, 0.29) is 10.7 Å². The molecule has 2 N–H and O–H groups in total. The lowest BCUT2D eigenvalue weighted by Crippen LogP contribution is -2.42. The van der Waals surface area contributed by atoms with Crippen LogP contribution in [-0.2, 0) is 4.79 Å². The van der Waals surface area contributed by atoms with Crippen LogP contribution in [0.1, 0.15) is 12.8 Å². The number of carboxylic acid groups (broad SMARTS) is 1. The van der Waals surface area contributed by atoms with E-state index in [9.17, 15) is 14.0 Å². The number of nitrogens with one attached hydrogen (secondary N) is 1. The van der Waals surface area contributed by atoms with Gasteiger partial charge in [-0.3, -0.25) is 0 Å². The molecule has 1 unspecified atom stereocenters. The number of likely N-dealkylation sites (tertiary alicyclic amines) is 1. The molecule has 5 nitrogen and oxygen atoms in total. The third kappa shape index (κ3) is 2.96. The minimum atomic E-state index is -1.03. The minimum Gasteiger partial charge on any atom is -0.480 e. The number of aliphatic carboxylic acids is 1. The number of nitrogens with zero attached hydrogens (tertiary/aromatic N) is 1. The van der Waals surface area contributed by atoms with Crippen LogP contribution in [-0.4, -0.2) is 34.6 Å². The first-order valence-corrected chi connectivity index (χ1v) is 6.12. The SMILES string of the molecule is O=C(O)C1CCCN1C(=O)Nc1ccc(F)cc1Cl. The normalized spacial score (nSPS) is 18.4. The number of urea groups is 1. The van der Waals surface area contributed by atoms with Crippen LogP contribution in [0.5, 0.6) is 0 Å². The standard InChI is InChI=1S/C12H12ClFN2O3/c13-8-6-7(14)3-4-9(8)15-12(19)16-5-1-2-10(16)11(17)18/h3-4,6,10H,1-2,5H2,(H,15,19)(H,17,18). The Kier molecular flexibility index (Phi) is 3.90. The van der Waals surface area contributed by atoms with Crippen molar-refractivity contribution in [1.29, 1.82) is 0 Å². The van der Waals surface area contributed by atoms with Crippen LogP contribution >= 0.6 is 11.6 Å². The zero-order chi connectivity index (χ0) is 14.0. The number of halogens is 2. The largest absolute Gasteiger partial charge is 0.480 e. The Morgan fingerprint density at radius 3 is 2.84 bits per heavy atom. The van der Waals surface area contributed by atoms with E-state index in [1.54, 1.807) is 0 Å². The molecule has 19 heavy (non-hydrogen) atoms.